The SMILES string of the molecule is c1cc2c(cn1)CSO2. The van der Waals surface area contributed by atoms with Crippen LogP contribution in [0.1, 0.15) is 5.56 Å². The number of hydrogen-bond donors (Lipinski definition) is 0. The average molecular weight is 139 g/mol. The van der Waals surface area contributed by atoms with E-state index in [1.54, 1.807) is 6.20 Å². The van der Waals surface area contributed by atoms with Gasteiger partial charge in [-0.05, 0) is 0 Å². The first-order chi connectivity index (χ1) is 4.47. The van der Waals surface area contributed by atoms with Crippen molar-refractivity contribution in [3.63, 3.8) is 0 Å². The monoisotopic (exact) mass is 139 g/mol. The maximum atomic E-state index is 5.18. The normalized spacial score (nSPS) is 14.7. The van der Waals surface area contributed by atoms with Crippen LogP contribution in [0.2, 0.25) is 0 Å². The Bertz CT molecular complexity index is 203. The third kappa shape index (κ3) is 0.772. The van der Waals surface area contributed by atoms with Crippen molar-refractivity contribution in [2.75, 3.05) is 0 Å². The Morgan fingerprint density at radius 2 is 2.67 bits per heavy atom. The first kappa shape index (κ1) is 5.11. The van der Waals surface area contributed by atoms with Crippen LogP contribution >= 0.6 is 12.0 Å². The molecule has 3 heteroatoms. The number of pyridine rings is 1. The molecule has 0 bridgehead atoms. The van der Waals surface area contributed by atoms with Crippen LogP contribution in [0, 0.1) is 0 Å². The predicted molar refractivity (Wildman–Crippen MR) is 36.2 cm³/mol. The van der Waals surface area contributed by atoms with Gasteiger partial charge in [-0.25, -0.2) is 0 Å². The standard InChI is InChI=1S/C6H5NOS/c1-2-7-3-5-4-9-8-6(1)5/h1-3H,4H2. The van der Waals surface area contributed by atoms with Gasteiger partial charge in [0.1, 0.15) is 5.75 Å². The fourth-order valence-electron chi connectivity index (χ4n) is 0.761. The van der Waals surface area contributed by atoms with Gasteiger partial charge < -0.3 is 4.18 Å². The molecule has 9 heavy (non-hydrogen) atoms. The third-order valence-corrected chi connectivity index (χ3v) is 1.95. The molecule has 2 heterocycles. The minimum atomic E-state index is 0.934. The van der Waals surface area contributed by atoms with Crippen LogP contribution in [0.5, 0.6) is 5.75 Å². The topological polar surface area (TPSA) is 22.1 Å². The van der Waals surface area contributed by atoms with Crippen molar-refractivity contribution in [1.29, 1.82) is 0 Å². The molecule has 0 fully saturated rings. The summed E-state index contributed by atoms with van der Waals surface area (Å²) in [6.45, 7) is 0. The summed E-state index contributed by atoms with van der Waals surface area (Å²) in [6.07, 6.45) is 3.58. The zero-order chi connectivity index (χ0) is 6.10. The summed E-state index contributed by atoms with van der Waals surface area (Å²) in [7, 11) is 0. The first-order valence-electron chi connectivity index (χ1n) is 2.69. The van der Waals surface area contributed by atoms with Crippen molar-refractivity contribution in [2.24, 2.45) is 0 Å². The van der Waals surface area contributed by atoms with Crippen LogP contribution in [-0.4, -0.2) is 4.98 Å². The van der Waals surface area contributed by atoms with E-state index in [1.807, 2.05) is 12.3 Å². The van der Waals surface area contributed by atoms with Gasteiger partial charge in [0, 0.05) is 24.0 Å². The predicted octanol–water partition coefficient (Wildman–Crippen LogP) is 1.62. The molecule has 2 nitrogen and oxygen atoms in total. The average Bonchev–Trinajstić information content (AvgIpc) is 2.33. The first-order valence-corrected chi connectivity index (χ1v) is 3.60. The van der Waals surface area contributed by atoms with Crippen molar-refractivity contribution < 1.29 is 4.18 Å². The quantitative estimate of drug-likeness (QED) is 0.510. The molecule has 1 aliphatic heterocycles. The number of rotatable bonds is 0. The Morgan fingerprint density at radius 3 is 3.56 bits per heavy atom. The number of nitrogens with zero attached hydrogens (tertiary/aromatic N) is 1. The van der Waals surface area contributed by atoms with E-state index < -0.39 is 0 Å². The molecular weight excluding hydrogens is 134 g/mol. The smallest absolute Gasteiger partial charge is 0.144 e. The van der Waals surface area contributed by atoms with E-state index in [1.165, 1.54) is 17.6 Å². The molecule has 1 aliphatic rings. The molecule has 0 aliphatic carbocycles. The summed E-state index contributed by atoms with van der Waals surface area (Å²) in [6, 6.07) is 1.88. The molecule has 0 spiro atoms. The molecule has 0 saturated heterocycles. The highest BCUT2D eigenvalue weighted by Gasteiger charge is 2.11. The maximum Gasteiger partial charge on any atom is 0.144 e. The lowest BCUT2D eigenvalue weighted by molar-refractivity contribution is 0.659. The fraction of sp³-hybridized carbons (Fsp3) is 0.167. The Labute approximate surface area is 57.5 Å². The minimum Gasteiger partial charge on any atom is -0.425 e. The lowest BCUT2D eigenvalue weighted by Crippen LogP contribution is -1.76. The molecule has 0 amide bonds. The molecule has 46 valence electrons. The molecule has 0 N–H and O–H groups in total. The van der Waals surface area contributed by atoms with E-state index >= 15 is 0 Å². The maximum absolute atomic E-state index is 5.18. The Kier molecular flexibility index (Phi) is 1.09. The number of hydrogen-bond acceptors (Lipinski definition) is 3. The summed E-state index contributed by atoms with van der Waals surface area (Å²) in [5.41, 5.74) is 1.20. The van der Waals surface area contributed by atoms with Crippen molar-refractivity contribution in [3.05, 3.63) is 24.0 Å². The number of aromatic nitrogens is 1. The Balaban J connectivity index is 2.54. The van der Waals surface area contributed by atoms with Gasteiger partial charge in [0.25, 0.3) is 0 Å². The van der Waals surface area contributed by atoms with E-state index in [4.69, 9.17) is 4.18 Å². The molecule has 0 saturated carbocycles. The largest absolute Gasteiger partial charge is 0.425 e. The summed E-state index contributed by atoms with van der Waals surface area (Å²) in [4.78, 5) is 3.96. The van der Waals surface area contributed by atoms with Gasteiger partial charge in [0.2, 0.25) is 0 Å². The molecule has 0 atom stereocenters. The van der Waals surface area contributed by atoms with Gasteiger partial charge >= 0.3 is 0 Å². The van der Waals surface area contributed by atoms with E-state index in [0.717, 1.165) is 11.5 Å². The van der Waals surface area contributed by atoms with E-state index in [-0.39, 0.29) is 0 Å². The van der Waals surface area contributed by atoms with Gasteiger partial charge in [-0.3, -0.25) is 4.98 Å². The minimum absolute atomic E-state index is 0.934. The summed E-state index contributed by atoms with van der Waals surface area (Å²) >= 11 is 1.46. The zero-order valence-electron chi connectivity index (χ0n) is 4.70. The summed E-state index contributed by atoms with van der Waals surface area (Å²) < 4.78 is 5.18. The second kappa shape index (κ2) is 1.92. The second-order valence-corrected chi connectivity index (χ2v) is 2.52. The third-order valence-electron chi connectivity index (χ3n) is 1.22. The van der Waals surface area contributed by atoms with Gasteiger partial charge in [-0.2, -0.15) is 0 Å². The van der Waals surface area contributed by atoms with E-state index in [0.29, 0.717) is 0 Å². The van der Waals surface area contributed by atoms with Crippen LogP contribution in [0.25, 0.3) is 0 Å². The second-order valence-electron chi connectivity index (χ2n) is 1.83. The lowest BCUT2D eigenvalue weighted by atomic mass is 10.3. The van der Waals surface area contributed by atoms with Crippen molar-refractivity contribution in [2.45, 2.75) is 5.75 Å². The highest BCUT2D eigenvalue weighted by Crippen LogP contribution is 2.31. The zero-order valence-corrected chi connectivity index (χ0v) is 5.52. The Hall–Kier alpha value is -0.700. The van der Waals surface area contributed by atoms with Gasteiger partial charge in [0.05, 0.1) is 17.8 Å². The van der Waals surface area contributed by atoms with Crippen LogP contribution < -0.4 is 4.18 Å². The molecule has 0 aromatic carbocycles. The number of fused-ring (bicyclic) bond motifs is 1. The highest BCUT2D eigenvalue weighted by molar-refractivity contribution is 7.94. The van der Waals surface area contributed by atoms with Crippen LogP contribution in [0.15, 0.2) is 18.5 Å². The molecule has 1 aromatic rings. The Morgan fingerprint density at radius 1 is 1.67 bits per heavy atom. The highest BCUT2D eigenvalue weighted by atomic mass is 32.2. The van der Waals surface area contributed by atoms with Crippen LogP contribution in [0.3, 0.4) is 0 Å². The van der Waals surface area contributed by atoms with Crippen LogP contribution in [-0.2, 0) is 5.75 Å². The van der Waals surface area contributed by atoms with Gasteiger partial charge in [0.15, 0.2) is 0 Å². The molecule has 2 rings (SSSR count). The van der Waals surface area contributed by atoms with Crippen molar-refractivity contribution in [1.82, 2.24) is 4.98 Å². The molecule has 1 aromatic heterocycles. The summed E-state index contributed by atoms with van der Waals surface area (Å²) in [5, 5.41) is 0. The molecular formula is C6H5NOS. The van der Waals surface area contributed by atoms with Crippen molar-refractivity contribution >= 4 is 12.0 Å². The molecule has 0 unspecified atom stereocenters. The summed E-state index contributed by atoms with van der Waals surface area (Å²) in [5.74, 6) is 1.90. The van der Waals surface area contributed by atoms with E-state index in [2.05, 4.69) is 4.98 Å². The van der Waals surface area contributed by atoms with Crippen molar-refractivity contribution in [3.8, 4) is 5.75 Å². The lowest BCUT2D eigenvalue weighted by Gasteiger charge is -1.90. The fourth-order valence-corrected chi connectivity index (χ4v) is 1.45. The van der Waals surface area contributed by atoms with E-state index in [9.17, 15) is 0 Å². The molecule has 0 radical (unpaired) electrons. The van der Waals surface area contributed by atoms with Gasteiger partial charge in [-0.1, -0.05) is 0 Å². The van der Waals surface area contributed by atoms with Gasteiger partial charge in [-0.15, -0.1) is 0 Å². The van der Waals surface area contributed by atoms with Crippen LogP contribution in [0.4, 0.5) is 0 Å².